The monoisotopic (exact) mass is 209 g/mol. The number of carboxylic acid groups (broad SMARTS) is 1. The Bertz CT molecular complexity index is 237. The predicted molar refractivity (Wildman–Crippen MR) is 62.0 cm³/mol. The van der Waals surface area contributed by atoms with Crippen molar-refractivity contribution in [2.24, 2.45) is 0 Å². The predicted octanol–water partition coefficient (Wildman–Crippen LogP) is 1.93. The number of rotatable bonds is 5. The second-order valence-corrected chi connectivity index (χ2v) is 3.09. The molecule has 0 amide bonds. The molecule has 15 heavy (non-hydrogen) atoms. The maximum Gasteiger partial charge on any atom is 0.290 e. The van der Waals surface area contributed by atoms with Gasteiger partial charge in [0.25, 0.3) is 6.47 Å². The van der Waals surface area contributed by atoms with Crippen molar-refractivity contribution in [3.8, 4) is 0 Å². The molecule has 1 aromatic carbocycles. The Balaban J connectivity index is 0.000000583. The van der Waals surface area contributed by atoms with E-state index in [0.717, 1.165) is 19.5 Å². The molecule has 0 saturated heterocycles. The highest BCUT2D eigenvalue weighted by molar-refractivity contribution is 5.32. The van der Waals surface area contributed by atoms with Crippen LogP contribution in [0.5, 0.6) is 0 Å². The average Bonchev–Trinajstić information content (AvgIpc) is 2.27. The Morgan fingerprint density at radius 1 is 1.27 bits per heavy atom. The topological polar surface area (TPSA) is 49.3 Å². The molecule has 3 nitrogen and oxygen atoms in total. The van der Waals surface area contributed by atoms with Crippen LogP contribution in [-0.4, -0.2) is 24.7 Å². The molecule has 2 N–H and O–H groups in total. The van der Waals surface area contributed by atoms with Crippen LogP contribution in [0.15, 0.2) is 30.3 Å². The van der Waals surface area contributed by atoms with Crippen LogP contribution in [0.2, 0.25) is 0 Å². The maximum absolute atomic E-state index is 8.36. The number of carbonyl (C=O) groups is 1. The largest absolute Gasteiger partial charge is 0.483 e. The molecule has 0 heterocycles. The Hall–Kier alpha value is -1.35. The van der Waals surface area contributed by atoms with Gasteiger partial charge in [-0.1, -0.05) is 37.3 Å². The first-order valence-corrected chi connectivity index (χ1v) is 5.17. The van der Waals surface area contributed by atoms with E-state index >= 15 is 0 Å². The van der Waals surface area contributed by atoms with E-state index < -0.39 is 0 Å². The van der Waals surface area contributed by atoms with Gasteiger partial charge in [-0.25, -0.2) is 0 Å². The Kier molecular flexibility index (Phi) is 9.76. The molecule has 0 fully saturated rings. The van der Waals surface area contributed by atoms with E-state index in [9.17, 15) is 0 Å². The Morgan fingerprint density at radius 3 is 2.40 bits per heavy atom. The fraction of sp³-hybridized carbons (Fsp3) is 0.417. The van der Waals surface area contributed by atoms with Crippen LogP contribution in [0.1, 0.15) is 18.9 Å². The third kappa shape index (κ3) is 8.97. The second-order valence-electron chi connectivity index (χ2n) is 3.09. The first kappa shape index (κ1) is 13.7. The van der Waals surface area contributed by atoms with Gasteiger partial charge in [0.05, 0.1) is 0 Å². The third-order valence-electron chi connectivity index (χ3n) is 1.86. The number of benzene rings is 1. The fourth-order valence-electron chi connectivity index (χ4n) is 1.18. The zero-order chi connectivity index (χ0) is 11.4. The van der Waals surface area contributed by atoms with Gasteiger partial charge in [-0.15, -0.1) is 0 Å². The molecule has 1 aromatic rings. The Morgan fingerprint density at radius 2 is 1.87 bits per heavy atom. The summed E-state index contributed by atoms with van der Waals surface area (Å²) in [6.45, 7) is 4.17. The molecule has 1 rings (SSSR count). The minimum absolute atomic E-state index is 0.250. The minimum Gasteiger partial charge on any atom is -0.483 e. The molecular formula is C12H19NO2. The summed E-state index contributed by atoms with van der Waals surface area (Å²) in [5, 5.41) is 10.3. The van der Waals surface area contributed by atoms with Crippen molar-refractivity contribution in [2.75, 3.05) is 13.1 Å². The van der Waals surface area contributed by atoms with E-state index in [-0.39, 0.29) is 6.47 Å². The molecule has 3 heteroatoms. The van der Waals surface area contributed by atoms with Crippen molar-refractivity contribution in [2.45, 2.75) is 19.8 Å². The highest BCUT2D eigenvalue weighted by Crippen LogP contribution is 1.97. The summed E-state index contributed by atoms with van der Waals surface area (Å²) in [5.74, 6) is 0. The van der Waals surface area contributed by atoms with Gasteiger partial charge in [-0.2, -0.15) is 0 Å². The van der Waals surface area contributed by atoms with Crippen molar-refractivity contribution in [1.82, 2.24) is 5.32 Å². The summed E-state index contributed by atoms with van der Waals surface area (Å²) in [6.07, 6.45) is 2.36. The van der Waals surface area contributed by atoms with E-state index in [1.165, 1.54) is 12.0 Å². The lowest BCUT2D eigenvalue weighted by molar-refractivity contribution is -0.122. The molecule has 0 aliphatic rings. The maximum atomic E-state index is 8.36. The summed E-state index contributed by atoms with van der Waals surface area (Å²) in [5.41, 5.74) is 1.42. The summed E-state index contributed by atoms with van der Waals surface area (Å²) in [6, 6.07) is 10.6. The van der Waals surface area contributed by atoms with Crippen molar-refractivity contribution in [3.05, 3.63) is 35.9 Å². The molecule has 0 atom stereocenters. The molecule has 0 spiro atoms. The summed E-state index contributed by atoms with van der Waals surface area (Å²) >= 11 is 0. The lowest BCUT2D eigenvalue weighted by Gasteiger charge is -2.02. The standard InChI is InChI=1S/C11H17N.CH2O2/c1-2-9-12-10-8-11-6-4-3-5-7-11;2-1-3/h3-7,12H,2,8-10H2,1H3;1H,(H,2,3). The molecular weight excluding hydrogens is 190 g/mol. The summed E-state index contributed by atoms with van der Waals surface area (Å²) in [4.78, 5) is 8.36. The zero-order valence-electron chi connectivity index (χ0n) is 9.15. The van der Waals surface area contributed by atoms with Crippen LogP contribution >= 0.6 is 0 Å². The molecule has 84 valence electrons. The normalized spacial score (nSPS) is 8.87. The van der Waals surface area contributed by atoms with Crippen molar-refractivity contribution in [3.63, 3.8) is 0 Å². The zero-order valence-corrected chi connectivity index (χ0v) is 9.15. The molecule has 0 aromatic heterocycles. The van der Waals surface area contributed by atoms with Gasteiger partial charge in [0.1, 0.15) is 0 Å². The Labute approximate surface area is 91.1 Å². The van der Waals surface area contributed by atoms with E-state index in [0.29, 0.717) is 0 Å². The average molecular weight is 209 g/mol. The van der Waals surface area contributed by atoms with E-state index in [1.54, 1.807) is 0 Å². The lowest BCUT2D eigenvalue weighted by atomic mass is 10.1. The highest BCUT2D eigenvalue weighted by Gasteiger charge is 1.89. The van der Waals surface area contributed by atoms with Gasteiger partial charge in [-0.05, 0) is 31.5 Å². The van der Waals surface area contributed by atoms with Gasteiger partial charge in [0, 0.05) is 0 Å². The van der Waals surface area contributed by atoms with Crippen molar-refractivity contribution >= 4 is 6.47 Å². The number of hydrogen-bond donors (Lipinski definition) is 2. The van der Waals surface area contributed by atoms with Crippen molar-refractivity contribution in [1.29, 1.82) is 0 Å². The van der Waals surface area contributed by atoms with Gasteiger partial charge in [0.2, 0.25) is 0 Å². The fourth-order valence-corrected chi connectivity index (χ4v) is 1.18. The first-order chi connectivity index (χ1) is 7.35. The SMILES string of the molecule is CCCNCCc1ccccc1.O=CO. The van der Waals surface area contributed by atoms with Crippen LogP contribution < -0.4 is 5.32 Å². The van der Waals surface area contributed by atoms with Gasteiger partial charge < -0.3 is 10.4 Å². The molecule has 0 unspecified atom stereocenters. The van der Waals surface area contributed by atoms with Gasteiger partial charge in [-0.3, -0.25) is 4.79 Å². The van der Waals surface area contributed by atoms with Crippen molar-refractivity contribution < 1.29 is 9.90 Å². The molecule has 0 aliphatic carbocycles. The van der Waals surface area contributed by atoms with Gasteiger partial charge in [0.15, 0.2) is 0 Å². The molecule has 0 aliphatic heterocycles. The molecule has 0 saturated carbocycles. The number of hydrogen-bond acceptors (Lipinski definition) is 2. The van der Waals surface area contributed by atoms with E-state index in [4.69, 9.17) is 9.90 Å². The van der Waals surface area contributed by atoms with E-state index in [2.05, 4.69) is 42.6 Å². The molecule has 0 bridgehead atoms. The first-order valence-electron chi connectivity index (χ1n) is 5.17. The highest BCUT2D eigenvalue weighted by atomic mass is 16.3. The minimum atomic E-state index is -0.250. The summed E-state index contributed by atoms with van der Waals surface area (Å²) in [7, 11) is 0. The smallest absolute Gasteiger partial charge is 0.290 e. The summed E-state index contributed by atoms with van der Waals surface area (Å²) < 4.78 is 0. The van der Waals surface area contributed by atoms with Crippen LogP contribution in [0.25, 0.3) is 0 Å². The third-order valence-corrected chi connectivity index (χ3v) is 1.86. The van der Waals surface area contributed by atoms with E-state index in [1.807, 2.05) is 0 Å². The lowest BCUT2D eigenvalue weighted by Crippen LogP contribution is -2.17. The molecule has 0 radical (unpaired) electrons. The van der Waals surface area contributed by atoms with Crippen LogP contribution in [0.3, 0.4) is 0 Å². The van der Waals surface area contributed by atoms with Crippen LogP contribution in [0.4, 0.5) is 0 Å². The van der Waals surface area contributed by atoms with Crippen LogP contribution in [0, 0.1) is 0 Å². The quantitative estimate of drug-likeness (QED) is 0.575. The van der Waals surface area contributed by atoms with Crippen LogP contribution in [-0.2, 0) is 11.2 Å². The number of nitrogens with one attached hydrogen (secondary N) is 1. The van der Waals surface area contributed by atoms with Gasteiger partial charge >= 0.3 is 0 Å². The second kappa shape index (κ2) is 10.7.